The largest absolute Gasteiger partial charge is 0.462 e. The topological polar surface area (TPSA) is 102 Å². The first-order valence-electron chi connectivity index (χ1n) is 10.4. The third-order valence-corrected chi connectivity index (χ3v) is 5.16. The Hall–Kier alpha value is -3.94. The van der Waals surface area contributed by atoms with Crippen LogP contribution in [-0.4, -0.2) is 47.4 Å². The van der Waals surface area contributed by atoms with Gasteiger partial charge in [-0.15, -0.1) is 0 Å². The first-order valence-corrected chi connectivity index (χ1v) is 10.4. The molecule has 0 saturated heterocycles. The summed E-state index contributed by atoms with van der Waals surface area (Å²) in [5.74, 6) is 0.293. The Bertz CT molecular complexity index is 1180. The third-order valence-electron chi connectivity index (χ3n) is 5.16. The number of nitrogens with one attached hydrogen (secondary N) is 1. The van der Waals surface area contributed by atoms with Crippen LogP contribution in [0.25, 0.3) is 11.5 Å². The molecule has 4 rings (SSSR count). The number of aromatic nitrogens is 1. The molecule has 0 bridgehead atoms. The summed E-state index contributed by atoms with van der Waals surface area (Å²) >= 11 is 0. The molecule has 164 valence electrons. The van der Waals surface area contributed by atoms with Gasteiger partial charge in [0.25, 0.3) is 11.8 Å². The number of aryl methyl sites for hydroxylation is 1. The average molecular weight is 433 g/mol. The highest BCUT2D eigenvalue weighted by molar-refractivity contribution is 6.01. The van der Waals surface area contributed by atoms with E-state index in [2.05, 4.69) is 10.3 Å². The highest BCUT2D eigenvalue weighted by Gasteiger charge is 2.28. The molecule has 0 atom stereocenters. The van der Waals surface area contributed by atoms with Gasteiger partial charge in [-0.1, -0.05) is 12.1 Å². The van der Waals surface area contributed by atoms with Crippen LogP contribution < -0.4 is 5.32 Å². The van der Waals surface area contributed by atoms with Crippen molar-refractivity contribution < 1.29 is 23.5 Å². The lowest BCUT2D eigenvalue weighted by Gasteiger charge is -2.16. The summed E-state index contributed by atoms with van der Waals surface area (Å²) < 4.78 is 10.5. The van der Waals surface area contributed by atoms with E-state index in [9.17, 15) is 14.4 Å². The van der Waals surface area contributed by atoms with E-state index >= 15 is 0 Å². The minimum Gasteiger partial charge on any atom is -0.462 e. The molecular weight excluding hydrogens is 410 g/mol. The summed E-state index contributed by atoms with van der Waals surface area (Å²) in [5, 5.41) is 2.85. The van der Waals surface area contributed by atoms with Crippen molar-refractivity contribution in [2.24, 2.45) is 0 Å². The third kappa shape index (κ3) is 4.39. The van der Waals surface area contributed by atoms with Gasteiger partial charge in [-0.2, -0.15) is 0 Å². The summed E-state index contributed by atoms with van der Waals surface area (Å²) in [6, 6.07) is 12.0. The van der Waals surface area contributed by atoms with Crippen LogP contribution in [0.4, 0.5) is 0 Å². The van der Waals surface area contributed by atoms with E-state index in [0.717, 1.165) is 5.56 Å². The van der Waals surface area contributed by atoms with Crippen molar-refractivity contribution in [2.45, 2.75) is 20.4 Å². The lowest BCUT2D eigenvalue weighted by molar-refractivity contribution is 0.0526. The zero-order valence-electron chi connectivity index (χ0n) is 17.9. The number of hydrogen-bond acceptors (Lipinski definition) is 6. The normalized spacial score (nSPS) is 12.6. The van der Waals surface area contributed by atoms with Crippen LogP contribution in [-0.2, 0) is 11.3 Å². The second-order valence-corrected chi connectivity index (χ2v) is 7.43. The Morgan fingerprint density at radius 2 is 2.03 bits per heavy atom. The number of hydrogen-bond donors (Lipinski definition) is 1. The zero-order valence-corrected chi connectivity index (χ0v) is 17.9. The molecule has 0 fully saturated rings. The molecule has 8 nitrogen and oxygen atoms in total. The Labute approximate surface area is 185 Å². The molecule has 0 saturated carbocycles. The van der Waals surface area contributed by atoms with E-state index in [1.807, 2.05) is 13.0 Å². The molecule has 8 heteroatoms. The highest BCUT2D eigenvalue weighted by Crippen LogP contribution is 2.24. The number of oxazole rings is 1. The maximum atomic E-state index is 12.7. The molecule has 0 radical (unpaired) electrons. The molecule has 2 amide bonds. The molecule has 32 heavy (non-hydrogen) atoms. The van der Waals surface area contributed by atoms with Gasteiger partial charge in [0, 0.05) is 36.3 Å². The smallest absolute Gasteiger partial charge is 0.338 e. The number of benzene rings is 2. The van der Waals surface area contributed by atoms with Gasteiger partial charge in [0.2, 0.25) is 5.89 Å². The molecule has 1 N–H and O–H groups in total. The first-order chi connectivity index (χ1) is 15.5. The Morgan fingerprint density at radius 1 is 1.19 bits per heavy atom. The Kier molecular flexibility index (Phi) is 6.02. The minimum atomic E-state index is -0.448. The van der Waals surface area contributed by atoms with Crippen molar-refractivity contribution in [3.8, 4) is 11.5 Å². The SMILES string of the molecule is CCOC(=O)c1ccc2c(c1)C(=O)N(CCNC(=O)c1cccc(-c3ncc(C)o3)c1)C2. The predicted octanol–water partition coefficient (Wildman–Crippen LogP) is 3.21. The summed E-state index contributed by atoms with van der Waals surface area (Å²) in [5.41, 5.74) is 2.90. The zero-order chi connectivity index (χ0) is 22.7. The number of rotatable bonds is 7. The number of fused-ring (bicyclic) bond motifs is 1. The van der Waals surface area contributed by atoms with E-state index in [1.54, 1.807) is 54.4 Å². The van der Waals surface area contributed by atoms with Gasteiger partial charge in [0.15, 0.2) is 0 Å². The number of carbonyl (C=O) groups is 3. The fourth-order valence-corrected chi connectivity index (χ4v) is 3.57. The van der Waals surface area contributed by atoms with E-state index in [4.69, 9.17) is 9.15 Å². The number of esters is 1. The van der Waals surface area contributed by atoms with Crippen molar-refractivity contribution in [3.63, 3.8) is 0 Å². The number of nitrogens with zero attached hydrogens (tertiary/aromatic N) is 2. The van der Waals surface area contributed by atoms with Gasteiger partial charge < -0.3 is 19.4 Å². The molecular formula is C24H23N3O5. The summed E-state index contributed by atoms with van der Waals surface area (Å²) in [4.78, 5) is 43.0. The molecule has 0 spiro atoms. The monoisotopic (exact) mass is 433 g/mol. The van der Waals surface area contributed by atoms with Crippen molar-refractivity contribution in [2.75, 3.05) is 19.7 Å². The van der Waals surface area contributed by atoms with Gasteiger partial charge >= 0.3 is 5.97 Å². The first kappa shape index (κ1) is 21.3. The van der Waals surface area contributed by atoms with Gasteiger partial charge in [0.1, 0.15) is 5.76 Å². The Morgan fingerprint density at radius 3 is 2.78 bits per heavy atom. The van der Waals surface area contributed by atoms with Crippen LogP contribution in [0.2, 0.25) is 0 Å². The second-order valence-electron chi connectivity index (χ2n) is 7.43. The average Bonchev–Trinajstić information content (AvgIpc) is 3.37. The number of amides is 2. The van der Waals surface area contributed by atoms with Crippen molar-refractivity contribution in [1.82, 2.24) is 15.2 Å². The van der Waals surface area contributed by atoms with Crippen LogP contribution >= 0.6 is 0 Å². The molecule has 0 aliphatic carbocycles. The van der Waals surface area contributed by atoms with Crippen molar-refractivity contribution in [3.05, 3.63) is 76.7 Å². The standard InChI is InChI=1S/C24H23N3O5/c1-3-31-24(30)18-7-8-19-14-27(23(29)20(19)12-18)10-9-25-21(28)16-5-4-6-17(11-16)22-26-13-15(2)32-22/h4-8,11-13H,3,9-10,14H2,1-2H3,(H,25,28). The predicted molar refractivity (Wildman–Crippen MR) is 116 cm³/mol. The van der Waals surface area contributed by atoms with E-state index in [-0.39, 0.29) is 18.4 Å². The van der Waals surface area contributed by atoms with Crippen LogP contribution in [0.5, 0.6) is 0 Å². The van der Waals surface area contributed by atoms with Crippen molar-refractivity contribution in [1.29, 1.82) is 0 Å². The summed E-state index contributed by atoms with van der Waals surface area (Å²) in [7, 11) is 0. The lowest BCUT2D eigenvalue weighted by Crippen LogP contribution is -2.35. The molecule has 0 unspecified atom stereocenters. The van der Waals surface area contributed by atoms with E-state index in [0.29, 0.717) is 53.5 Å². The summed E-state index contributed by atoms with van der Waals surface area (Å²) in [6.45, 7) is 4.90. The summed E-state index contributed by atoms with van der Waals surface area (Å²) in [6.07, 6.45) is 1.63. The van der Waals surface area contributed by atoms with Gasteiger partial charge in [-0.05, 0) is 49.7 Å². The van der Waals surface area contributed by atoms with Crippen LogP contribution in [0.1, 0.15) is 49.3 Å². The number of ether oxygens (including phenoxy) is 1. The van der Waals surface area contributed by atoms with E-state index in [1.165, 1.54) is 0 Å². The lowest BCUT2D eigenvalue weighted by atomic mass is 10.1. The van der Waals surface area contributed by atoms with Gasteiger partial charge in [-0.25, -0.2) is 9.78 Å². The van der Waals surface area contributed by atoms with Gasteiger partial charge in [0.05, 0.1) is 18.4 Å². The molecule has 1 aliphatic rings. The minimum absolute atomic E-state index is 0.165. The fraction of sp³-hybridized carbons (Fsp3) is 0.250. The highest BCUT2D eigenvalue weighted by atomic mass is 16.5. The quantitative estimate of drug-likeness (QED) is 0.574. The maximum absolute atomic E-state index is 12.7. The second kappa shape index (κ2) is 9.05. The molecule has 2 aromatic carbocycles. The van der Waals surface area contributed by atoms with E-state index < -0.39 is 5.97 Å². The van der Waals surface area contributed by atoms with Crippen LogP contribution in [0.3, 0.4) is 0 Å². The van der Waals surface area contributed by atoms with Gasteiger partial charge in [-0.3, -0.25) is 9.59 Å². The van der Waals surface area contributed by atoms with Crippen molar-refractivity contribution >= 4 is 17.8 Å². The fourth-order valence-electron chi connectivity index (χ4n) is 3.57. The van der Waals surface area contributed by atoms with Crippen LogP contribution in [0.15, 0.2) is 53.1 Å². The molecule has 2 heterocycles. The van der Waals surface area contributed by atoms with Crippen LogP contribution in [0, 0.1) is 6.92 Å². The number of carbonyl (C=O) groups excluding carboxylic acids is 3. The Balaban J connectivity index is 1.35. The maximum Gasteiger partial charge on any atom is 0.338 e. The molecule has 1 aromatic heterocycles. The molecule has 3 aromatic rings. The molecule has 1 aliphatic heterocycles.